The molecule has 2 heteroatoms. The van der Waals surface area contributed by atoms with Gasteiger partial charge in [-0.05, 0) is 17.4 Å². The minimum Gasteiger partial charge on any atom is -0.263 e. The maximum absolute atomic E-state index is 4.08. The van der Waals surface area contributed by atoms with Gasteiger partial charge < -0.3 is 0 Å². The molecule has 1 nitrogen and oxygen atoms in total. The number of aromatic nitrogens is 1. The number of thioether (sulfide) groups is 1. The summed E-state index contributed by atoms with van der Waals surface area (Å²) < 4.78 is 0. The van der Waals surface area contributed by atoms with Crippen LogP contribution in [0, 0.1) is 0 Å². The van der Waals surface area contributed by atoms with Crippen LogP contribution in [0.25, 0.3) is 6.08 Å². The molecule has 1 heterocycles. The number of nitrogens with zero attached hydrogens (tertiary/aromatic N) is 1. The molecule has 0 saturated carbocycles. The molecule has 0 fully saturated rings. The van der Waals surface area contributed by atoms with E-state index in [-0.39, 0.29) is 0 Å². The van der Waals surface area contributed by atoms with Crippen molar-refractivity contribution < 1.29 is 0 Å². The average Bonchev–Trinajstić information content (AvgIpc) is 2.06. The summed E-state index contributed by atoms with van der Waals surface area (Å²) in [4.78, 5) is 5.29. The average molecular weight is 165 g/mol. The van der Waals surface area contributed by atoms with E-state index in [1.165, 1.54) is 4.90 Å². The molecule has 0 radical (unpaired) electrons. The molecule has 0 saturated heterocycles. The first-order chi connectivity index (χ1) is 5.36. The molecular formula is C9H11NS. The van der Waals surface area contributed by atoms with E-state index in [4.69, 9.17) is 0 Å². The first-order valence-corrected chi connectivity index (χ1v) is 4.55. The standard InChI is InChI=1S/C9H11NS/c1-3-8-5-9(11-4-2)7-10-6-8/h3,5-7H,1,4H2,2H3. The third kappa shape index (κ3) is 2.39. The van der Waals surface area contributed by atoms with E-state index in [1.807, 2.05) is 18.5 Å². The van der Waals surface area contributed by atoms with Crippen molar-refractivity contribution in [2.24, 2.45) is 0 Å². The smallest absolute Gasteiger partial charge is 0.0404 e. The summed E-state index contributed by atoms with van der Waals surface area (Å²) in [6.07, 6.45) is 5.50. The third-order valence-electron chi connectivity index (χ3n) is 1.28. The van der Waals surface area contributed by atoms with Gasteiger partial charge in [-0.2, -0.15) is 0 Å². The molecule has 11 heavy (non-hydrogen) atoms. The van der Waals surface area contributed by atoms with Crippen molar-refractivity contribution in [2.75, 3.05) is 5.75 Å². The number of hydrogen-bond donors (Lipinski definition) is 0. The van der Waals surface area contributed by atoms with Gasteiger partial charge in [-0.3, -0.25) is 4.98 Å². The number of hydrogen-bond acceptors (Lipinski definition) is 2. The predicted octanol–water partition coefficient (Wildman–Crippen LogP) is 2.84. The predicted molar refractivity (Wildman–Crippen MR) is 50.7 cm³/mol. The Kier molecular flexibility index (Phi) is 3.17. The van der Waals surface area contributed by atoms with Gasteiger partial charge in [0, 0.05) is 17.3 Å². The summed E-state index contributed by atoms with van der Waals surface area (Å²) >= 11 is 1.79. The van der Waals surface area contributed by atoms with Gasteiger partial charge in [0.15, 0.2) is 0 Å². The normalized spacial score (nSPS) is 9.55. The van der Waals surface area contributed by atoms with Crippen molar-refractivity contribution in [1.82, 2.24) is 4.98 Å². The van der Waals surface area contributed by atoms with Crippen LogP contribution in [0.4, 0.5) is 0 Å². The Labute approximate surface area is 71.5 Å². The van der Waals surface area contributed by atoms with Crippen LogP contribution >= 0.6 is 11.8 Å². The zero-order valence-corrected chi connectivity index (χ0v) is 7.40. The first kappa shape index (κ1) is 8.34. The molecule has 0 N–H and O–H groups in total. The lowest BCUT2D eigenvalue weighted by Gasteiger charge is -1.97. The van der Waals surface area contributed by atoms with Gasteiger partial charge in [0.05, 0.1) is 0 Å². The van der Waals surface area contributed by atoms with Crippen LogP contribution in [0.2, 0.25) is 0 Å². The molecule has 0 bridgehead atoms. The lowest BCUT2D eigenvalue weighted by atomic mass is 10.3. The maximum atomic E-state index is 4.08. The van der Waals surface area contributed by atoms with Gasteiger partial charge in [-0.1, -0.05) is 19.6 Å². The Morgan fingerprint density at radius 3 is 3.09 bits per heavy atom. The van der Waals surface area contributed by atoms with Gasteiger partial charge in [0.1, 0.15) is 0 Å². The van der Waals surface area contributed by atoms with E-state index in [9.17, 15) is 0 Å². The fourth-order valence-electron chi connectivity index (χ4n) is 0.793. The van der Waals surface area contributed by atoms with E-state index in [1.54, 1.807) is 11.8 Å². The zero-order valence-electron chi connectivity index (χ0n) is 6.58. The Bertz CT molecular complexity index is 245. The minimum absolute atomic E-state index is 1.09. The van der Waals surface area contributed by atoms with Crippen LogP contribution in [-0.4, -0.2) is 10.7 Å². The second-order valence-corrected chi connectivity index (χ2v) is 3.43. The molecule has 0 aliphatic carbocycles. The van der Waals surface area contributed by atoms with E-state index >= 15 is 0 Å². The van der Waals surface area contributed by atoms with Crippen molar-refractivity contribution in [1.29, 1.82) is 0 Å². The Balaban J connectivity index is 2.82. The highest BCUT2D eigenvalue weighted by Gasteiger charge is 1.91. The Morgan fingerprint density at radius 2 is 2.45 bits per heavy atom. The highest BCUT2D eigenvalue weighted by molar-refractivity contribution is 7.99. The van der Waals surface area contributed by atoms with Gasteiger partial charge in [0.25, 0.3) is 0 Å². The van der Waals surface area contributed by atoms with Crippen LogP contribution < -0.4 is 0 Å². The molecule has 1 aromatic rings. The van der Waals surface area contributed by atoms with Crippen LogP contribution in [0.5, 0.6) is 0 Å². The molecule has 0 aliphatic heterocycles. The molecule has 58 valence electrons. The first-order valence-electron chi connectivity index (χ1n) is 3.57. The van der Waals surface area contributed by atoms with Crippen molar-refractivity contribution >= 4 is 17.8 Å². The van der Waals surface area contributed by atoms with E-state index in [0.29, 0.717) is 0 Å². The largest absolute Gasteiger partial charge is 0.263 e. The molecule has 0 amide bonds. The summed E-state index contributed by atoms with van der Waals surface area (Å²) in [6, 6.07) is 2.09. The van der Waals surface area contributed by atoms with Crippen LogP contribution in [0.3, 0.4) is 0 Å². The summed E-state index contributed by atoms with van der Waals surface area (Å²) in [7, 11) is 0. The second kappa shape index (κ2) is 4.19. The number of rotatable bonds is 3. The minimum atomic E-state index is 1.09. The Morgan fingerprint density at radius 1 is 1.64 bits per heavy atom. The lowest BCUT2D eigenvalue weighted by Crippen LogP contribution is -1.78. The third-order valence-corrected chi connectivity index (χ3v) is 2.13. The van der Waals surface area contributed by atoms with Gasteiger partial charge in [-0.15, -0.1) is 11.8 Å². The van der Waals surface area contributed by atoms with Gasteiger partial charge >= 0.3 is 0 Å². The lowest BCUT2D eigenvalue weighted by molar-refractivity contribution is 1.22. The SMILES string of the molecule is C=Cc1cncc(SCC)c1. The van der Waals surface area contributed by atoms with Crippen molar-refractivity contribution in [2.45, 2.75) is 11.8 Å². The molecular weight excluding hydrogens is 154 g/mol. The van der Waals surface area contributed by atoms with Crippen molar-refractivity contribution in [3.63, 3.8) is 0 Å². The zero-order chi connectivity index (χ0) is 8.10. The van der Waals surface area contributed by atoms with Crippen LogP contribution in [0.1, 0.15) is 12.5 Å². The van der Waals surface area contributed by atoms with Crippen molar-refractivity contribution in [3.8, 4) is 0 Å². The molecule has 0 aliphatic rings. The molecule has 0 spiro atoms. The quantitative estimate of drug-likeness (QED) is 0.639. The molecule has 1 aromatic heterocycles. The Hall–Kier alpha value is -0.760. The molecule has 1 rings (SSSR count). The summed E-state index contributed by atoms with van der Waals surface area (Å²) in [6.45, 7) is 5.81. The monoisotopic (exact) mass is 165 g/mol. The van der Waals surface area contributed by atoms with Gasteiger partial charge in [0.2, 0.25) is 0 Å². The molecule has 0 unspecified atom stereocenters. The van der Waals surface area contributed by atoms with Crippen molar-refractivity contribution in [3.05, 3.63) is 30.6 Å². The maximum Gasteiger partial charge on any atom is 0.0404 e. The van der Waals surface area contributed by atoms with E-state index in [2.05, 4.69) is 24.6 Å². The summed E-state index contributed by atoms with van der Waals surface area (Å²) in [5.41, 5.74) is 1.09. The fraction of sp³-hybridized carbons (Fsp3) is 0.222. The molecule has 0 aromatic carbocycles. The van der Waals surface area contributed by atoms with Crippen LogP contribution in [-0.2, 0) is 0 Å². The highest BCUT2D eigenvalue weighted by Crippen LogP contribution is 2.17. The summed E-state index contributed by atoms with van der Waals surface area (Å²) in [5, 5.41) is 0. The molecule has 0 atom stereocenters. The van der Waals surface area contributed by atoms with Gasteiger partial charge in [-0.25, -0.2) is 0 Å². The van der Waals surface area contributed by atoms with Crippen LogP contribution in [0.15, 0.2) is 29.9 Å². The fourth-order valence-corrected chi connectivity index (χ4v) is 1.48. The summed E-state index contributed by atoms with van der Waals surface area (Å²) in [5.74, 6) is 1.09. The van der Waals surface area contributed by atoms with E-state index < -0.39 is 0 Å². The van der Waals surface area contributed by atoms with E-state index in [0.717, 1.165) is 11.3 Å². The topological polar surface area (TPSA) is 12.9 Å². The highest BCUT2D eigenvalue weighted by atomic mass is 32.2. The second-order valence-electron chi connectivity index (χ2n) is 2.09. The number of pyridine rings is 1.